The highest BCUT2D eigenvalue weighted by molar-refractivity contribution is 7.11. The van der Waals surface area contributed by atoms with Gasteiger partial charge in [-0.15, -0.1) is 11.3 Å². The van der Waals surface area contributed by atoms with Crippen LogP contribution in [0.2, 0.25) is 0 Å². The standard InChI is InChI=1S/C27H38N2O4S/c1-6-19(2)29(27(31)22-8-7-9-22)18-26(30)28(17-23-12-10-20(3)34-23)15-14-21-11-13-24(32-4)25(16-21)33-5/h10-13,16,19,22H,6-9,14-15,17-18H2,1-5H3. The van der Waals surface area contributed by atoms with E-state index in [-0.39, 0.29) is 30.3 Å². The Bertz CT molecular complexity index is 969. The van der Waals surface area contributed by atoms with E-state index in [1.807, 2.05) is 34.9 Å². The fourth-order valence-electron chi connectivity index (χ4n) is 4.16. The number of rotatable bonds is 12. The van der Waals surface area contributed by atoms with E-state index in [9.17, 15) is 9.59 Å². The Balaban J connectivity index is 1.75. The second kappa shape index (κ2) is 12.2. The molecule has 0 bridgehead atoms. The minimum absolute atomic E-state index is 0.000460. The van der Waals surface area contributed by atoms with Gasteiger partial charge in [0.05, 0.1) is 20.8 Å². The number of methoxy groups -OCH3 is 2. The molecule has 0 spiro atoms. The van der Waals surface area contributed by atoms with Crippen molar-refractivity contribution in [3.63, 3.8) is 0 Å². The van der Waals surface area contributed by atoms with Crippen LogP contribution < -0.4 is 9.47 Å². The van der Waals surface area contributed by atoms with Crippen LogP contribution in [0.25, 0.3) is 0 Å². The van der Waals surface area contributed by atoms with E-state index < -0.39 is 0 Å². The smallest absolute Gasteiger partial charge is 0.242 e. The summed E-state index contributed by atoms with van der Waals surface area (Å²) in [6, 6.07) is 10.1. The monoisotopic (exact) mass is 486 g/mol. The van der Waals surface area contributed by atoms with Crippen molar-refractivity contribution in [1.82, 2.24) is 9.80 Å². The van der Waals surface area contributed by atoms with E-state index in [1.165, 1.54) is 4.88 Å². The average Bonchev–Trinajstić information content (AvgIpc) is 3.22. The summed E-state index contributed by atoms with van der Waals surface area (Å²) in [6.45, 7) is 7.44. The third-order valence-electron chi connectivity index (χ3n) is 6.78. The molecule has 0 N–H and O–H groups in total. The van der Waals surface area contributed by atoms with Crippen molar-refractivity contribution in [1.29, 1.82) is 0 Å². The zero-order chi connectivity index (χ0) is 24.7. The maximum Gasteiger partial charge on any atom is 0.242 e. The van der Waals surface area contributed by atoms with Crippen LogP contribution in [0.3, 0.4) is 0 Å². The molecule has 3 rings (SSSR count). The highest BCUT2D eigenvalue weighted by Crippen LogP contribution is 2.30. The van der Waals surface area contributed by atoms with E-state index in [4.69, 9.17) is 9.47 Å². The van der Waals surface area contributed by atoms with Crippen LogP contribution in [-0.4, -0.2) is 55.0 Å². The molecule has 34 heavy (non-hydrogen) atoms. The Morgan fingerprint density at radius 2 is 1.85 bits per heavy atom. The SMILES string of the molecule is CCC(C)N(CC(=O)N(CCc1ccc(OC)c(OC)c1)Cc1ccc(C)s1)C(=O)C1CCC1. The molecule has 7 heteroatoms. The summed E-state index contributed by atoms with van der Waals surface area (Å²) >= 11 is 1.71. The van der Waals surface area contributed by atoms with Gasteiger partial charge in [-0.25, -0.2) is 0 Å². The molecule has 6 nitrogen and oxygen atoms in total. The fraction of sp³-hybridized carbons (Fsp3) is 0.556. The minimum atomic E-state index is -0.000460. The van der Waals surface area contributed by atoms with E-state index >= 15 is 0 Å². The summed E-state index contributed by atoms with van der Waals surface area (Å²) in [7, 11) is 3.24. The molecule has 1 aliphatic carbocycles. The van der Waals surface area contributed by atoms with Gasteiger partial charge >= 0.3 is 0 Å². The third kappa shape index (κ3) is 6.53. The molecule has 1 unspecified atom stereocenters. The first-order valence-corrected chi connectivity index (χ1v) is 13.0. The van der Waals surface area contributed by atoms with Crippen molar-refractivity contribution in [3.8, 4) is 11.5 Å². The quantitative estimate of drug-likeness (QED) is 0.420. The largest absolute Gasteiger partial charge is 0.493 e. The highest BCUT2D eigenvalue weighted by atomic mass is 32.1. The zero-order valence-electron chi connectivity index (χ0n) is 21.1. The van der Waals surface area contributed by atoms with Crippen LogP contribution in [0.1, 0.15) is 54.8 Å². The molecule has 2 amide bonds. The molecule has 0 aliphatic heterocycles. The lowest BCUT2D eigenvalue weighted by Gasteiger charge is -2.36. The van der Waals surface area contributed by atoms with Crippen LogP contribution in [0.4, 0.5) is 0 Å². The van der Waals surface area contributed by atoms with E-state index in [2.05, 4.69) is 26.0 Å². The summed E-state index contributed by atoms with van der Waals surface area (Å²) in [5.74, 6) is 1.59. The van der Waals surface area contributed by atoms with Crippen molar-refractivity contribution in [2.24, 2.45) is 5.92 Å². The normalized spacial score (nSPS) is 14.3. The first-order valence-electron chi connectivity index (χ1n) is 12.2. The maximum absolute atomic E-state index is 13.6. The van der Waals surface area contributed by atoms with Gasteiger partial charge in [0, 0.05) is 28.3 Å². The molecule has 1 aromatic carbocycles. The van der Waals surface area contributed by atoms with Gasteiger partial charge in [-0.2, -0.15) is 0 Å². The minimum Gasteiger partial charge on any atom is -0.493 e. The average molecular weight is 487 g/mol. The van der Waals surface area contributed by atoms with Gasteiger partial charge in [0.1, 0.15) is 6.54 Å². The van der Waals surface area contributed by atoms with Gasteiger partial charge in [0.25, 0.3) is 0 Å². The maximum atomic E-state index is 13.6. The lowest BCUT2D eigenvalue weighted by Crippen LogP contribution is -2.49. The Kier molecular flexibility index (Phi) is 9.39. The summed E-state index contributed by atoms with van der Waals surface area (Å²) < 4.78 is 10.8. The third-order valence-corrected chi connectivity index (χ3v) is 7.77. The Morgan fingerprint density at radius 3 is 2.41 bits per heavy atom. The zero-order valence-corrected chi connectivity index (χ0v) is 22.0. The van der Waals surface area contributed by atoms with Gasteiger partial charge < -0.3 is 19.3 Å². The van der Waals surface area contributed by atoms with Gasteiger partial charge in [-0.05, 0) is 69.4 Å². The van der Waals surface area contributed by atoms with Gasteiger partial charge in [-0.3, -0.25) is 9.59 Å². The molecule has 0 radical (unpaired) electrons. The van der Waals surface area contributed by atoms with Crippen molar-refractivity contribution in [2.75, 3.05) is 27.3 Å². The van der Waals surface area contributed by atoms with Crippen molar-refractivity contribution in [3.05, 3.63) is 45.6 Å². The lowest BCUT2D eigenvalue weighted by molar-refractivity contribution is -0.147. The van der Waals surface area contributed by atoms with E-state index in [0.717, 1.165) is 36.1 Å². The molecule has 0 saturated heterocycles. The van der Waals surface area contributed by atoms with Crippen molar-refractivity contribution in [2.45, 2.75) is 65.5 Å². The molecule has 1 fully saturated rings. The number of hydrogen-bond donors (Lipinski definition) is 0. The van der Waals surface area contributed by atoms with Gasteiger partial charge in [0.15, 0.2) is 11.5 Å². The van der Waals surface area contributed by atoms with Gasteiger partial charge in [-0.1, -0.05) is 19.4 Å². The molecule has 1 aliphatic rings. The second-order valence-corrected chi connectivity index (χ2v) is 10.5. The lowest BCUT2D eigenvalue weighted by atomic mass is 9.84. The number of carbonyl (C=O) groups excluding carboxylic acids is 2. The number of hydrogen-bond acceptors (Lipinski definition) is 5. The number of amides is 2. The van der Waals surface area contributed by atoms with E-state index in [0.29, 0.717) is 31.0 Å². The molecular formula is C27H38N2O4S. The summed E-state index contributed by atoms with van der Waals surface area (Å²) in [5, 5.41) is 0. The van der Waals surface area contributed by atoms with Crippen LogP contribution in [-0.2, 0) is 22.6 Å². The Hall–Kier alpha value is -2.54. The molecule has 1 saturated carbocycles. The van der Waals surface area contributed by atoms with Crippen molar-refractivity contribution >= 4 is 23.2 Å². The van der Waals surface area contributed by atoms with Crippen LogP contribution in [0.5, 0.6) is 11.5 Å². The number of carbonyl (C=O) groups is 2. The molecule has 1 atom stereocenters. The van der Waals surface area contributed by atoms with Crippen LogP contribution in [0.15, 0.2) is 30.3 Å². The number of aryl methyl sites for hydroxylation is 1. The van der Waals surface area contributed by atoms with Crippen LogP contribution in [0, 0.1) is 12.8 Å². The Morgan fingerprint density at radius 1 is 1.12 bits per heavy atom. The molecular weight excluding hydrogens is 448 g/mol. The first-order chi connectivity index (χ1) is 16.4. The first kappa shape index (κ1) is 26.1. The van der Waals surface area contributed by atoms with Gasteiger partial charge in [0.2, 0.25) is 11.8 Å². The number of benzene rings is 1. The molecule has 186 valence electrons. The summed E-state index contributed by atoms with van der Waals surface area (Å²) in [6.07, 6.45) is 4.51. The molecule has 1 aromatic heterocycles. The number of nitrogens with zero attached hydrogens (tertiary/aromatic N) is 2. The predicted octanol–water partition coefficient (Wildman–Crippen LogP) is 5.07. The molecule has 1 heterocycles. The van der Waals surface area contributed by atoms with Crippen LogP contribution >= 0.6 is 11.3 Å². The highest BCUT2D eigenvalue weighted by Gasteiger charge is 2.33. The second-order valence-electron chi connectivity index (χ2n) is 9.12. The van der Waals surface area contributed by atoms with E-state index in [1.54, 1.807) is 25.6 Å². The predicted molar refractivity (Wildman–Crippen MR) is 137 cm³/mol. The summed E-state index contributed by atoms with van der Waals surface area (Å²) in [5.41, 5.74) is 1.07. The number of thiophene rings is 1. The molecule has 2 aromatic rings. The Labute approximate surface area is 207 Å². The topological polar surface area (TPSA) is 59.1 Å². The van der Waals surface area contributed by atoms with Crippen molar-refractivity contribution < 1.29 is 19.1 Å². The fourth-order valence-corrected chi connectivity index (χ4v) is 5.06. The number of ether oxygens (including phenoxy) is 2. The summed E-state index contributed by atoms with van der Waals surface area (Å²) in [4.78, 5) is 32.7.